The third-order valence-corrected chi connectivity index (χ3v) is 1.67. The van der Waals surface area contributed by atoms with Crippen molar-refractivity contribution in [2.24, 2.45) is 5.92 Å². The Hall–Kier alpha value is -1.32. The summed E-state index contributed by atoms with van der Waals surface area (Å²) in [6.45, 7) is 7.15. The lowest BCUT2D eigenvalue weighted by Crippen LogP contribution is -2.11. The van der Waals surface area contributed by atoms with Gasteiger partial charge >= 0.3 is 0 Å². The third kappa shape index (κ3) is 2.89. The van der Waals surface area contributed by atoms with E-state index in [1.54, 1.807) is 6.20 Å². The van der Waals surface area contributed by atoms with E-state index in [9.17, 15) is 0 Å². The van der Waals surface area contributed by atoms with Crippen molar-refractivity contribution in [1.82, 2.24) is 9.97 Å². The van der Waals surface area contributed by atoms with E-state index in [4.69, 9.17) is 5.73 Å². The maximum absolute atomic E-state index is 5.47. The first-order chi connectivity index (χ1) is 6.09. The highest BCUT2D eigenvalue weighted by atomic mass is 15.1. The highest BCUT2D eigenvalue weighted by Gasteiger charge is 2.01. The Labute approximate surface area is 78.6 Å². The van der Waals surface area contributed by atoms with Gasteiger partial charge in [0.05, 0.1) is 0 Å². The number of nitrogens with zero attached hydrogens (tertiary/aromatic N) is 2. The summed E-state index contributed by atoms with van der Waals surface area (Å²) in [6.07, 6.45) is 1.73. The van der Waals surface area contributed by atoms with Crippen LogP contribution in [0.2, 0.25) is 0 Å². The Kier molecular flexibility index (Phi) is 3.06. The van der Waals surface area contributed by atoms with E-state index in [1.807, 2.05) is 6.92 Å². The fourth-order valence-electron chi connectivity index (χ4n) is 0.935. The first-order valence-corrected chi connectivity index (χ1v) is 4.42. The predicted molar refractivity (Wildman–Crippen MR) is 54.5 cm³/mol. The summed E-state index contributed by atoms with van der Waals surface area (Å²) in [4.78, 5) is 7.99. The van der Waals surface area contributed by atoms with Crippen LogP contribution in [0.3, 0.4) is 0 Å². The molecule has 0 fully saturated rings. The van der Waals surface area contributed by atoms with Gasteiger partial charge in [0.25, 0.3) is 0 Å². The SMILES string of the molecule is Cc1cnc(N)nc1NCC(C)C. The normalized spacial score (nSPS) is 10.5. The van der Waals surface area contributed by atoms with Crippen molar-refractivity contribution in [3.05, 3.63) is 11.8 Å². The Balaban J connectivity index is 2.70. The van der Waals surface area contributed by atoms with E-state index in [0.717, 1.165) is 17.9 Å². The van der Waals surface area contributed by atoms with Gasteiger partial charge in [0.1, 0.15) is 5.82 Å². The quantitative estimate of drug-likeness (QED) is 0.738. The molecule has 0 atom stereocenters. The van der Waals surface area contributed by atoms with Crippen LogP contribution in [0.4, 0.5) is 11.8 Å². The van der Waals surface area contributed by atoms with Crippen LogP contribution >= 0.6 is 0 Å². The summed E-state index contributed by atoms with van der Waals surface area (Å²) in [5.74, 6) is 1.74. The highest BCUT2D eigenvalue weighted by Crippen LogP contribution is 2.10. The van der Waals surface area contributed by atoms with Gasteiger partial charge in [-0.3, -0.25) is 0 Å². The molecule has 0 aromatic carbocycles. The number of aryl methyl sites for hydroxylation is 1. The topological polar surface area (TPSA) is 63.8 Å². The van der Waals surface area contributed by atoms with Crippen molar-refractivity contribution < 1.29 is 0 Å². The molecule has 0 spiro atoms. The largest absolute Gasteiger partial charge is 0.369 e. The molecule has 72 valence electrons. The number of nitrogens with one attached hydrogen (secondary N) is 1. The molecule has 0 aliphatic carbocycles. The van der Waals surface area contributed by atoms with Gasteiger partial charge in [-0.2, -0.15) is 4.98 Å². The minimum Gasteiger partial charge on any atom is -0.369 e. The second-order valence-electron chi connectivity index (χ2n) is 3.53. The summed E-state index contributed by atoms with van der Waals surface area (Å²) in [5.41, 5.74) is 6.49. The Morgan fingerprint density at radius 1 is 1.54 bits per heavy atom. The molecule has 1 rings (SSSR count). The van der Waals surface area contributed by atoms with Crippen LogP contribution in [0.1, 0.15) is 19.4 Å². The molecule has 4 nitrogen and oxygen atoms in total. The van der Waals surface area contributed by atoms with Crippen molar-refractivity contribution >= 4 is 11.8 Å². The van der Waals surface area contributed by atoms with E-state index < -0.39 is 0 Å². The molecular weight excluding hydrogens is 164 g/mol. The van der Waals surface area contributed by atoms with Gasteiger partial charge in [0.2, 0.25) is 5.95 Å². The molecule has 4 heteroatoms. The lowest BCUT2D eigenvalue weighted by atomic mass is 10.2. The van der Waals surface area contributed by atoms with Crippen molar-refractivity contribution in [1.29, 1.82) is 0 Å². The number of nitrogens with two attached hydrogens (primary N) is 1. The minimum atomic E-state index is 0.317. The summed E-state index contributed by atoms with van der Waals surface area (Å²) >= 11 is 0. The molecule has 3 N–H and O–H groups in total. The fourth-order valence-corrected chi connectivity index (χ4v) is 0.935. The van der Waals surface area contributed by atoms with Gasteiger partial charge in [-0.25, -0.2) is 4.98 Å². The molecule has 1 aromatic rings. The van der Waals surface area contributed by atoms with E-state index in [-0.39, 0.29) is 0 Å². The van der Waals surface area contributed by atoms with Crippen molar-refractivity contribution in [3.63, 3.8) is 0 Å². The molecule has 0 saturated carbocycles. The van der Waals surface area contributed by atoms with Gasteiger partial charge in [-0.05, 0) is 12.8 Å². The predicted octanol–water partition coefficient (Wildman–Crippen LogP) is 1.44. The summed E-state index contributed by atoms with van der Waals surface area (Å²) in [5, 5.41) is 3.22. The van der Waals surface area contributed by atoms with E-state index in [1.165, 1.54) is 0 Å². The Morgan fingerprint density at radius 2 is 2.23 bits per heavy atom. The Morgan fingerprint density at radius 3 is 2.85 bits per heavy atom. The van der Waals surface area contributed by atoms with Crippen LogP contribution < -0.4 is 11.1 Å². The van der Waals surface area contributed by atoms with Crippen LogP contribution in [0.15, 0.2) is 6.20 Å². The summed E-state index contributed by atoms with van der Waals surface area (Å²) in [6, 6.07) is 0. The maximum atomic E-state index is 5.47. The molecular formula is C9H16N4. The average Bonchev–Trinajstić information content (AvgIpc) is 2.06. The smallest absolute Gasteiger partial charge is 0.221 e. The zero-order chi connectivity index (χ0) is 9.84. The molecule has 1 heterocycles. The molecule has 1 aromatic heterocycles. The van der Waals surface area contributed by atoms with Crippen LogP contribution in [0.5, 0.6) is 0 Å². The summed E-state index contributed by atoms with van der Waals surface area (Å²) < 4.78 is 0. The Bertz CT molecular complexity index is 283. The number of nitrogen functional groups attached to an aromatic ring is 1. The maximum Gasteiger partial charge on any atom is 0.221 e. The number of aromatic nitrogens is 2. The van der Waals surface area contributed by atoms with E-state index in [0.29, 0.717) is 11.9 Å². The van der Waals surface area contributed by atoms with Gasteiger partial charge in [0, 0.05) is 18.3 Å². The molecule has 0 unspecified atom stereocenters. The highest BCUT2D eigenvalue weighted by molar-refractivity contribution is 5.44. The van der Waals surface area contributed by atoms with Gasteiger partial charge in [-0.1, -0.05) is 13.8 Å². The minimum absolute atomic E-state index is 0.317. The van der Waals surface area contributed by atoms with Crippen molar-refractivity contribution in [2.75, 3.05) is 17.6 Å². The number of rotatable bonds is 3. The molecule has 0 bridgehead atoms. The third-order valence-electron chi connectivity index (χ3n) is 1.67. The first kappa shape index (κ1) is 9.77. The number of hydrogen-bond donors (Lipinski definition) is 2. The van der Waals surface area contributed by atoms with Crippen LogP contribution in [-0.4, -0.2) is 16.5 Å². The summed E-state index contributed by atoms with van der Waals surface area (Å²) in [7, 11) is 0. The zero-order valence-corrected chi connectivity index (χ0v) is 8.33. The van der Waals surface area contributed by atoms with Crippen LogP contribution in [-0.2, 0) is 0 Å². The lowest BCUT2D eigenvalue weighted by Gasteiger charge is -2.10. The number of hydrogen-bond acceptors (Lipinski definition) is 4. The van der Waals surface area contributed by atoms with Crippen molar-refractivity contribution in [3.8, 4) is 0 Å². The molecule has 0 aliphatic rings. The molecule has 0 radical (unpaired) electrons. The zero-order valence-electron chi connectivity index (χ0n) is 8.33. The standard InChI is InChI=1S/C9H16N4/c1-6(2)4-11-8-7(3)5-12-9(10)13-8/h5-6H,4H2,1-3H3,(H3,10,11,12,13). The molecule has 0 saturated heterocycles. The van der Waals surface area contributed by atoms with Gasteiger partial charge < -0.3 is 11.1 Å². The van der Waals surface area contributed by atoms with Gasteiger partial charge in [0.15, 0.2) is 0 Å². The lowest BCUT2D eigenvalue weighted by molar-refractivity contribution is 0.686. The fraction of sp³-hybridized carbons (Fsp3) is 0.556. The molecule has 0 amide bonds. The van der Waals surface area contributed by atoms with Crippen LogP contribution in [0.25, 0.3) is 0 Å². The number of anilines is 2. The second-order valence-corrected chi connectivity index (χ2v) is 3.53. The molecule has 13 heavy (non-hydrogen) atoms. The van der Waals surface area contributed by atoms with Crippen LogP contribution in [0, 0.1) is 12.8 Å². The van der Waals surface area contributed by atoms with Gasteiger partial charge in [-0.15, -0.1) is 0 Å². The first-order valence-electron chi connectivity index (χ1n) is 4.42. The van der Waals surface area contributed by atoms with Crippen molar-refractivity contribution in [2.45, 2.75) is 20.8 Å². The van der Waals surface area contributed by atoms with E-state index in [2.05, 4.69) is 29.1 Å². The van der Waals surface area contributed by atoms with E-state index >= 15 is 0 Å². The second kappa shape index (κ2) is 4.07. The monoisotopic (exact) mass is 180 g/mol. The molecule has 0 aliphatic heterocycles. The average molecular weight is 180 g/mol.